The zero-order chi connectivity index (χ0) is 9.14. The maximum absolute atomic E-state index is 10.6. The Balaban J connectivity index is 3.42. The molecule has 0 saturated carbocycles. The van der Waals surface area contributed by atoms with E-state index in [0.29, 0.717) is 0 Å². The van der Waals surface area contributed by atoms with Crippen molar-refractivity contribution in [1.82, 2.24) is 4.98 Å². The number of nitrogens with one attached hydrogen (secondary N) is 1. The summed E-state index contributed by atoms with van der Waals surface area (Å²) in [6, 6.07) is 2.56. The zero-order valence-corrected chi connectivity index (χ0v) is 5.87. The third-order valence-corrected chi connectivity index (χ3v) is 1.28. The van der Waals surface area contributed by atoms with Crippen molar-refractivity contribution in [2.24, 2.45) is 0 Å². The van der Waals surface area contributed by atoms with Gasteiger partial charge in [-0.2, -0.15) is 5.26 Å². The number of nitriles is 1. The molecule has 1 aromatic rings. The monoisotopic (exact) mass is 164 g/mol. The van der Waals surface area contributed by atoms with Gasteiger partial charge in [-0.3, -0.25) is 4.79 Å². The van der Waals surface area contributed by atoms with Gasteiger partial charge in [-0.05, 0) is 0 Å². The number of pyridine rings is 1. The van der Waals surface area contributed by atoms with Crippen LogP contribution in [-0.4, -0.2) is 16.1 Å². The van der Waals surface area contributed by atoms with Crippen LogP contribution in [0.15, 0.2) is 17.1 Å². The summed E-state index contributed by atoms with van der Waals surface area (Å²) in [5.74, 6) is -1.23. The predicted octanol–water partition coefficient (Wildman–Crippen LogP) is -0.0552. The second kappa shape index (κ2) is 2.88. The second-order valence-electron chi connectivity index (χ2n) is 2.04. The summed E-state index contributed by atoms with van der Waals surface area (Å²) >= 11 is 0. The fourth-order valence-electron chi connectivity index (χ4n) is 0.741. The molecule has 0 radical (unpaired) electrons. The van der Waals surface area contributed by atoms with E-state index < -0.39 is 11.5 Å². The summed E-state index contributed by atoms with van der Waals surface area (Å²) in [6.45, 7) is 0. The molecule has 12 heavy (non-hydrogen) atoms. The number of rotatable bonds is 1. The third-order valence-electron chi connectivity index (χ3n) is 1.28. The molecule has 0 unspecified atom stereocenters. The predicted molar refractivity (Wildman–Crippen MR) is 38.7 cm³/mol. The number of aromatic carboxylic acids is 1. The highest BCUT2D eigenvalue weighted by Gasteiger charge is 2.09. The number of carbonyl (C=O) groups is 1. The molecule has 0 aliphatic heterocycles. The lowest BCUT2D eigenvalue weighted by atomic mass is 10.1. The van der Waals surface area contributed by atoms with Gasteiger partial charge in [-0.25, -0.2) is 4.79 Å². The highest BCUT2D eigenvalue weighted by Crippen LogP contribution is 2.01. The van der Waals surface area contributed by atoms with Crippen molar-refractivity contribution in [3.05, 3.63) is 33.7 Å². The van der Waals surface area contributed by atoms with E-state index in [2.05, 4.69) is 4.98 Å². The average Bonchev–Trinajstić information content (AvgIpc) is 2.03. The molecule has 5 nitrogen and oxygen atoms in total. The van der Waals surface area contributed by atoms with Crippen molar-refractivity contribution in [2.75, 3.05) is 0 Å². The van der Waals surface area contributed by atoms with Crippen LogP contribution in [0.5, 0.6) is 0 Å². The summed E-state index contributed by atoms with van der Waals surface area (Å²) in [4.78, 5) is 23.2. The Morgan fingerprint density at radius 3 is 2.83 bits per heavy atom. The number of hydrogen-bond donors (Lipinski definition) is 2. The van der Waals surface area contributed by atoms with Gasteiger partial charge in [0.1, 0.15) is 6.07 Å². The Morgan fingerprint density at radius 1 is 1.67 bits per heavy atom. The van der Waals surface area contributed by atoms with Crippen molar-refractivity contribution >= 4 is 5.97 Å². The molecule has 0 bridgehead atoms. The minimum absolute atomic E-state index is 0.133. The van der Waals surface area contributed by atoms with Gasteiger partial charge in [-0.1, -0.05) is 0 Å². The number of carboxylic acid groups (broad SMARTS) is 1. The van der Waals surface area contributed by atoms with E-state index in [0.717, 1.165) is 12.3 Å². The molecule has 0 spiro atoms. The molecule has 60 valence electrons. The van der Waals surface area contributed by atoms with Crippen LogP contribution in [0.3, 0.4) is 0 Å². The van der Waals surface area contributed by atoms with Gasteiger partial charge in [0.05, 0.1) is 11.1 Å². The third kappa shape index (κ3) is 1.32. The van der Waals surface area contributed by atoms with Gasteiger partial charge < -0.3 is 10.1 Å². The van der Waals surface area contributed by atoms with Crippen LogP contribution >= 0.6 is 0 Å². The van der Waals surface area contributed by atoms with E-state index in [1.807, 2.05) is 0 Å². The van der Waals surface area contributed by atoms with Crippen molar-refractivity contribution in [1.29, 1.82) is 5.26 Å². The largest absolute Gasteiger partial charge is 0.478 e. The molecule has 0 aliphatic carbocycles. The van der Waals surface area contributed by atoms with Gasteiger partial charge in [0.2, 0.25) is 5.56 Å². The van der Waals surface area contributed by atoms with Gasteiger partial charge >= 0.3 is 5.97 Å². The first kappa shape index (κ1) is 8.01. The van der Waals surface area contributed by atoms with Crippen LogP contribution in [0.2, 0.25) is 0 Å². The second-order valence-corrected chi connectivity index (χ2v) is 2.04. The lowest BCUT2D eigenvalue weighted by molar-refractivity contribution is 0.0696. The van der Waals surface area contributed by atoms with E-state index in [-0.39, 0.29) is 11.1 Å². The molecular formula is C7H4N2O3. The van der Waals surface area contributed by atoms with Gasteiger partial charge in [0.15, 0.2) is 0 Å². The molecule has 0 amide bonds. The topological polar surface area (TPSA) is 94.0 Å². The molecule has 1 heterocycles. The molecule has 0 aromatic carbocycles. The van der Waals surface area contributed by atoms with E-state index in [4.69, 9.17) is 10.4 Å². The molecule has 0 fully saturated rings. The number of aromatic amines is 1. The fraction of sp³-hybridized carbons (Fsp3) is 0. The van der Waals surface area contributed by atoms with Crippen molar-refractivity contribution in [3.63, 3.8) is 0 Å². The van der Waals surface area contributed by atoms with Crippen LogP contribution in [0.25, 0.3) is 0 Å². The molecule has 1 aromatic heterocycles. The Morgan fingerprint density at radius 2 is 2.33 bits per heavy atom. The molecule has 0 atom stereocenters. The zero-order valence-electron chi connectivity index (χ0n) is 5.87. The maximum atomic E-state index is 10.6. The Bertz CT molecular complexity index is 413. The first-order valence-electron chi connectivity index (χ1n) is 3.01. The quantitative estimate of drug-likeness (QED) is 0.608. The lowest BCUT2D eigenvalue weighted by Gasteiger charge is -1.94. The summed E-state index contributed by atoms with van der Waals surface area (Å²) in [7, 11) is 0. The number of hydrogen-bond acceptors (Lipinski definition) is 3. The van der Waals surface area contributed by atoms with Crippen LogP contribution < -0.4 is 5.56 Å². The van der Waals surface area contributed by atoms with Crippen molar-refractivity contribution in [3.8, 4) is 6.07 Å². The summed E-state index contributed by atoms with van der Waals surface area (Å²) in [5, 5.41) is 16.9. The minimum Gasteiger partial charge on any atom is -0.478 e. The van der Waals surface area contributed by atoms with Gasteiger partial charge in [0.25, 0.3) is 0 Å². The van der Waals surface area contributed by atoms with Gasteiger partial charge in [0, 0.05) is 12.3 Å². The number of carboxylic acids is 1. The Labute approximate surface area is 66.9 Å². The highest BCUT2D eigenvalue weighted by molar-refractivity contribution is 5.90. The van der Waals surface area contributed by atoms with Crippen LogP contribution in [0.4, 0.5) is 0 Å². The summed E-state index contributed by atoms with van der Waals surface area (Å²) in [6.07, 6.45) is 1.00. The Kier molecular flexibility index (Phi) is 1.92. The minimum atomic E-state index is -1.23. The van der Waals surface area contributed by atoms with Crippen molar-refractivity contribution in [2.45, 2.75) is 0 Å². The SMILES string of the molecule is N#Cc1cc(=O)[nH]cc1C(=O)O. The first-order chi connectivity index (χ1) is 5.65. The lowest BCUT2D eigenvalue weighted by Crippen LogP contribution is -2.10. The highest BCUT2D eigenvalue weighted by atomic mass is 16.4. The molecule has 5 heteroatoms. The van der Waals surface area contributed by atoms with Crippen LogP contribution in [0.1, 0.15) is 15.9 Å². The standard InChI is InChI=1S/C7H4N2O3/c8-2-4-1-6(10)9-3-5(4)7(11)12/h1,3H,(H,9,10)(H,11,12). The first-order valence-corrected chi connectivity index (χ1v) is 3.01. The summed E-state index contributed by atoms with van der Waals surface area (Å²) < 4.78 is 0. The average molecular weight is 164 g/mol. The van der Waals surface area contributed by atoms with E-state index in [1.165, 1.54) is 0 Å². The summed E-state index contributed by atoms with van der Waals surface area (Å²) in [5.41, 5.74) is -0.820. The Hall–Kier alpha value is -2.09. The van der Waals surface area contributed by atoms with E-state index in [9.17, 15) is 9.59 Å². The smallest absolute Gasteiger partial charge is 0.338 e. The van der Waals surface area contributed by atoms with E-state index in [1.54, 1.807) is 6.07 Å². The fourth-order valence-corrected chi connectivity index (χ4v) is 0.741. The normalized spacial score (nSPS) is 8.92. The van der Waals surface area contributed by atoms with Crippen molar-refractivity contribution < 1.29 is 9.90 Å². The number of nitrogens with zero attached hydrogens (tertiary/aromatic N) is 1. The van der Waals surface area contributed by atoms with E-state index >= 15 is 0 Å². The molecule has 1 rings (SSSR count). The van der Waals surface area contributed by atoms with Gasteiger partial charge in [-0.15, -0.1) is 0 Å². The number of aromatic nitrogens is 1. The molecule has 2 N–H and O–H groups in total. The van der Waals surface area contributed by atoms with Crippen LogP contribution in [0, 0.1) is 11.3 Å². The van der Waals surface area contributed by atoms with Crippen LogP contribution in [-0.2, 0) is 0 Å². The molecular weight excluding hydrogens is 160 g/mol. The maximum Gasteiger partial charge on any atom is 0.338 e. The number of H-pyrrole nitrogens is 1. The molecule has 0 saturated heterocycles. The molecule has 0 aliphatic rings.